The number of ether oxygens (including phenoxy) is 1. The van der Waals surface area contributed by atoms with Crippen molar-refractivity contribution in [1.29, 1.82) is 0 Å². The number of rotatable bonds is 6. The average Bonchev–Trinajstić information content (AvgIpc) is 2.74. The lowest BCUT2D eigenvalue weighted by molar-refractivity contribution is -0.137. The van der Waals surface area contributed by atoms with Crippen molar-refractivity contribution in [2.45, 2.75) is 12.7 Å². The Balaban J connectivity index is 1.50. The highest BCUT2D eigenvalue weighted by Crippen LogP contribution is 2.31. The van der Waals surface area contributed by atoms with E-state index in [9.17, 15) is 18.0 Å². The second kappa shape index (κ2) is 9.38. The van der Waals surface area contributed by atoms with Crippen molar-refractivity contribution >= 4 is 11.6 Å². The molecule has 1 amide bonds. The smallest absolute Gasteiger partial charge is 0.416 e. The maximum atomic E-state index is 12.9. The van der Waals surface area contributed by atoms with E-state index < -0.39 is 11.7 Å². The fourth-order valence-corrected chi connectivity index (χ4v) is 3.52. The van der Waals surface area contributed by atoms with Crippen molar-refractivity contribution in [3.8, 4) is 5.75 Å². The third-order valence-electron chi connectivity index (χ3n) is 5.19. The third-order valence-corrected chi connectivity index (χ3v) is 5.19. The van der Waals surface area contributed by atoms with Gasteiger partial charge in [0.2, 0.25) is 5.91 Å². The predicted molar refractivity (Wildman–Crippen MR) is 110 cm³/mol. The van der Waals surface area contributed by atoms with Crippen LogP contribution in [0.1, 0.15) is 11.1 Å². The van der Waals surface area contributed by atoms with Gasteiger partial charge in [0.05, 0.1) is 19.2 Å². The quantitative estimate of drug-likeness (QED) is 0.716. The molecule has 0 atom stereocenters. The van der Waals surface area contributed by atoms with Crippen LogP contribution in [0.4, 0.5) is 18.9 Å². The molecule has 30 heavy (non-hydrogen) atoms. The van der Waals surface area contributed by atoms with Crippen LogP contribution in [0.25, 0.3) is 0 Å². The first kappa shape index (κ1) is 22.0. The zero-order valence-corrected chi connectivity index (χ0v) is 17.2. The molecule has 2 aromatic rings. The van der Waals surface area contributed by atoms with E-state index in [1.165, 1.54) is 12.1 Å². The van der Waals surface area contributed by atoms with Gasteiger partial charge in [0, 0.05) is 38.4 Å². The number of methoxy groups -OCH3 is 1. The Bertz CT molecular complexity index is 847. The van der Waals surface area contributed by atoms with Gasteiger partial charge in [0.15, 0.2) is 0 Å². The maximum absolute atomic E-state index is 12.9. The zero-order valence-electron chi connectivity index (χ0n) is 17.2. The molecule has 0 spiro atoms. The third kappa shape index (κ3) is 5.66. The van der Waals surface area contributed by atoms with E-state index >= 15 is 0 Å². The Morgan fingerprint density at radius 3 is 2.33 bits per heavy atom. The summed E-state index contributed by atoms with van der Waals surface area (Å²) in [5, 5.41) is 0. The van der Waals surface area contributed by atoms with E-state index in [0.717, 1.165) is 17.4 Å². The molecule has 162 valence electrons. The number of amides is 1. The molecule has 0 unspecified atom stereocenters. The van der Waals surface area contributed by atoms with Gasteiger partial charge >= 0.3 is 6.18 Å². The van der Waals surface area contributed by atoms with E-state index in [2.05, 4.69) is 0 Å². The number of hydrogen-bond acceptors (Lipinski definition) is 4. The minimum Gasteiger partial charge on any atom is -0.497 e. The normalized spacial score (nSPS) is 14.9. The van der Waals surface area contributed by atoms with E-state index in [1.54, 1.807) is 18.1 Å². The number of halogens is 3. The Morgan fingerprint density at radius 1 is 1.07 bits per heavy atom. The molecule has 8 heteroatoms. The molecule has 3 rings (SSSR count). The van der Waals surface area contributed by atoms with E-state index in [-0.39, 0.29) is 12.5 Å². The van der Waals surface area contributed by atoms with Gasteiger partial charge in [-0.15, -0.1) is 0 Å². The molecule has 1 heterocycles. The van der Waals surface area contributed by atoms with Crippen LogP contribution in [0.5, 0.6) is 5.75 Å². The van der Waals surface area contributed by atoms with Gasteiger partial charge in [0.1, 0.15) is 5.75 Å². The summed E-state index contributed by atoms with van der Waals surface area (Å²) in [6.45, 7) is 2.93. The van der Waals surface area contributed by atoms with Gasteiger partial charge < -0.3 is 14.5 Å². The molecule has 0 N–H and O–H groups in total. The first-order valence-corrected chi connectivity index (χ1v) is 9.78. The number of anilines is 1. The fraction of sp³-hybridized carbons (Fsp3) is 0.409. The predicted octanol–water partition coefficient (Wildman–Crippen LogP) is 3.49. The highest BCUT2D eigenvalue weighted by Gasteiger charge is 2.31. The van der Waals surface area contributed by atoms with Crippen LogP contribution in [-0.2, 0) is 17.5 Å². The second-order valence-corrected chi connectivity index (χ2v) is 7.44. The SMILES string of the molecule is COc1ccc(CN(C)CC(=O)N2CCN(c3cccc(C(F)(F)F)c3)CC2)cc1. The highest BCUT2D eigenvalue weighted by atomic mass is 19.4. The van der Waals surface area contributed by atoms with Crippen molar-refractivity contribution < 1.29 is 22.7 Å². The second-order valence-electron chi connectivity index (χ2n) is 7.44. The van der Waals surface area contributed by atoms with Crippen LogP contribution in [0.15, 0.2) is 48.5 Å². The summed E-state index contributed by atoms with van der Waals surface area (Å²) >= 11 is 0. The minimum atomic E-state index is -4.36. The van der Waals surface area contributed by atoms with Crippen LogP contribution >= 0.6 is 0 Å². The molecule has 1 fully saturated rings. The molecule has 5 nitrogen and oxygen atoms in total. The largest absolute Gasteiger partial charge is 0.497 e. The van der Waals surface area contributed by atoms with Gasteiger partial charge in [0.25, 0.3) is 0 Å². The molecule has 0 radical (unpaired) electrons. The van der Waals surface area contributed by atoms with Gasteiger partial charge in [-0.25, -0.2) is 0 Å². The molecule has 0 bridgehead atoms. The summed E-state index contributed by atoms with van der Waals surface area (Å²) in [6, 6.07) is 13.0. The fourth-order valence-electron chi connectivity index (χ4n) is 3.52. The van der Waals surface area contributed by atoms with E-state index in [4.69, 9.17) is 4.74 Å². The number of nitrogens with zero attached hydrogens (tertiary/aromatic N) is 3. The number of carbonyl (C=O) groups excluding carboxylic acids is 1. The number of likely N-dealkylation sites (N-methyl/N-ethyl adjacent to an activating group) is 1. The first-order valence-electron chi connectivity index (χ1n) is 9.78. The molecule has 1 saturated heterocycles. The average molecular weight is 421 g/mol. The van der Waals surface area contributed by atoms with Crippen LogP contribution in [-0.4, -0.2) is 62.6 Å². The molecular weight excluding hydrogens is 395 g/mol. The lowest BCUT2D eigenvalue weighted by Crippen LogP contribution is -2.51. The van der Waals surface area contributed by atoms with Crippen molar-refractivity contribution in [3.63, 3.8) is 0 Å². The minimum absolute atomic E-state index is 0.0229. The number of carbonyl (C=O) groups is 1. The molecule has 1 aliphatic heterocycles. The molecule has 0 saturated carbocycles. The lowest BCUT2D eigenvalue weighted by atomic mass is 10.1. The zero-order chi connectivity index (χ0) is 21.7. The van der Waals surface area contributed by atoms with E-state index in [1.807, 2.05) is 41.1 Å². The Kier molecular flexibility index (Phi) is 6.87. The van der Waals surface area contributed by atoms with Crippen molar-refractivity contribution in [2.24, 2.45) is 0 Å². The van der Waals surface area contributed by atoms with Crippen LogP contribution in [0, 0.1) is 0 Å². The van der Waals surface area contributed by atoms with Crippen molar-refractivity contribution in [3.05, 3.63) is 59.7 Å². The Hall–Kier alpha value is -2.74. The van der Waals surface area contributed by atoms with Crippen molar-refractivity contribution in [1.82, 2.24) is 9.80 Å². The Morgan fingerprint density at radius 2 is 1.73 bits per heavy atom. The number of hydrogen-bond donors (Lipinski definition) is 0. The first-order chi connectivity index (χ1) is 14.3. The van der Waals surface area contributed by atoms with Gasteiger partial charge in [-0.1, -0.05) is 18.2 Å². The summed E-state index contributed by atoms with van der Waals surface area (Å²) in [7, 11) is 3.51. The molecular formula is C22H26F3N3O2. The van der Waals surface area contributed by atoms with Gasteiger partial charge in [-0.3, -0.25) is 9.69 Å². The number of piperazine rings is 1. The monoisotopic (exact) mass is 421 g/mol. The standard InChI is InChI=1S/C22H26F3N3O2/c1-26(15-17-6-8-20(30-2)9-7-17)16-21(29)28-12-10-27(11-13-28)19-5-3-4-18(14-19)22(23,24)25/h3-9,14H,10-13,15-16H2,1-2H3. The van der Waals surface area contributed by atoms with Gasteiger partial charge in [-0.05, 0) is 42.9 Å². The summed E-state index contributed by atoms with van der Waals surface area (Å²) < 4.78 is 44.0. The number of alkyl halides is 3. The summed E-state index contributed by atoms with van der Waals surface area (Å²) in [5.74, 6) is 0.811. The van der Waals surface area contributed by atoms with Crippen LogP contribution < -0.4 is 9.64 Å². The highest BCUT2D eigenvalue weighted by molar-refractivity contribution is 5.78. The molecule has 0 aliphatic carbocycles. The van der Waals surface area contributed by atoms with Crippen LogP contribution in [0.3, 0.4) is 0 Å². The molecule has 1 aliphatic rings. The summed E-state index contributed by atoms with van der Waals surface area (Å²) in [4.78, 5) is 18.2. The summed E-state index contributed by atoms with van der Waals surface area (Å²) in [6.07, 6.45) is -4.36. The van der Waals surface area contributed by atoms with Gasteiger partial charge in [-0.2, -0.15) is 13.2 Å². The molecule has 0 aromatic heterocycles. The van der Waals surface area contributed by atoms with Crippen LogP contribution in [0.2, 0.25) is 0 Å². The molecule has 2 aromatic carbocycles. The lowest BCUT2D eigenvalue weighted by Gasteiger charge is -2.37. The Labute approximate surface area is 174 Å². The maximum Gasteiger partial charge on any atom is 0.416 e. The topological polar surface area (TPSA) is 36.0 Å². The van der Waals surface area contributed by atoms with Crippen molar-refractivity contribution in [2.75, 3.05) is 51.8 Å². The number of benzene rings is 2. The summed E-state index contributed by atoms with van der Waals surface area (Å²) in [5.41, 5.74) is 0.965. The van der Waals surface area contributed by atoms with E-state index in [0.29, 0.717) is 38.4 Å².